The molecule has 160 valence electrons. The Morgan fingerprint density at radius 2 is 1.87 bits per heavy atom. The number of alkyl halides is 3. The maximum absolute atomic E-state index is 13.4. The van der Waals surface area contributed by atoms with Gasteiger partial charge in [0.2, 0.25) is 0 Å². The number of halogens is 3. The molecule has 2 aromatic rings. The van der Waals surface area contributed by atoms with Crippen molar-refractivity contribution < 1.29 is 18.0 Å². The number of carbonyl (C=O) groups excluding carboxylic acids is 1. The molecule has 0 spiro atoms. The summed E-state index contributed by atoms with van der Waals surface area (Å²) < 4.78 is 40.2. The van der Waals surface area contributed by atoms with Gasteiger partial charge in [-0.2, -0.15) is 18.3 Å². The first-order chi connectivity index (χ1) is 14.4. The second-order valence-electron chi connectivity index (χ2n) is 8.79. The minimum absolute atomic E-state index is 0.0576. The number of fused-ring (bicyclic) bond motifs is 2. The van der Waals surface area contributed by atoms with E-state index >= 15 is 0 Å². The van der Waals surface area contributed by atoms with Crippen molar-refractivity contribution in [1.29, 1.82) is 0 Å². The summed E-state index contributed by atoms with van der Waals surface area (Å²) in [5.41, 5.74) is 2.38. The Morgan fingerprint density at radius 3 is 2.60 bits per heavy atom. The Morgan fingerprint density at radius 1 is 1.13 bits per heavy atom. The number of aryl methyl sites for hydroxylation is 1. The van der Waals surface area contributed by atoms with Crippen LogP contribution in [-0.4, -0.2) is 40.6 Å². The summed E-state index contributed by atoms with van der Waals surface area (Å²) in [6.07, 6.45) is -1.04. The highest BCUT2D eigenvalue weighted by Crippen LogP contribution is 2.49. The fourth-order valence-electron chi connectivity index (χ4n) is 5.56. The molecular weight excluding hydrogens is 393 g/mol. The predicted molar refractivity (Wildman–Crippen MR) is 105 cm³/mol. The zero-order valence-electron chi connectivity index (χ0n) is 16.6. The molecule has 2 N–H and O–H groups in total. The zero-order chi connectivity index (χ0) is 20.9. The van der Waals surface area contributed by atoms with Crippen molar-refractivity contribution in [2.24, 2.45) is 11.8 Å². The lowest BCUT2D eigenvalue weighted by Crippen LogP contribution is -2.31. The van der Waals surface area contributed by atoms with Gasteiger partial charge in [0, 0.05) is 30.9 Å². The average Bonchev–Trinajstić information content (AvgIpc) is 3.36. The molecule has 3 aliphatic rings. The molecule has 8 heteroatoms. The maximum Gasteiger partial charge on any atom is 0.416 e. The minimum Gasteiger partial charge on any atom is -0.337 e. The minimum atomic E-state index is -4.33. The molecule has 1 saturated carbocycles. The number of benzene rings is 1. The van der Waals surface area contributed by atoms with Crippen LogP contribution in [-0.2, 0) is 19.1 Å². The number of rotatable bonds is 2. The van der Waals surface area contributed by atoms with Crippen molar-refractivity contribution in [2.75, 3.05) is 19.6 Å². The zero-order valence-corrected chi connectivity index (χ0v) is 16.6. The number of likely N-dealkylation sites (tertiary alicyclic amines) is 1. The third-order valence-electron chi connectivity index (χ3n) is 6.98. The van der Waals surface area contributed by atoms with Gasteiger partial charge in [0.1, 0.15) is 0 Å². The van der Waals surface area contributed by atoms with Crippen LogP contribution in [0.15, 0.2) is 24.3 Å². The number of carbonyl (C=O) groups is 1. The van der Waals surface area contributed by atoms with Crippen molar-refractivity contribution >= 4 is 5.91 Å². The Kier molecular flexibility index (Phi) is 4.84. The quantitative estimate of drug-likeness (QED) is 0.781. The molecule has 1 aliphatic carbocycles. The van der Waals surface area contributed by atoms with Gasteiger partial charge in [-0.05, 0) is 61.6 Å². The topological polar surface area (TPSA) is 61.0 Å². The van der Waals surface area contributed by atoms with Gasteiger partial charge in [0.25, 0.3) is 5.91 Å². The SMILES string of the molecule is O=C(c1n[nH]c2c1CNCCC2)N1C[C@H]2C[C@@H](c3ccccc3C(F)(F)F)C[C@H]2C1. The van der Waals surface area contributed by atoms with Crippen molar-refractivity contribution in [1.82, 2.24) is 20.4 Å². The third kappa shape index (κ3) is 3.41. The summed E-state index contributed by atoms with van der Waals surface area (Å²) in [7, 11) is 0. The number of nitrogens with one attached hydrogen (secondary N) is 2. The third-order valence-corrected chi connectivity index (χ3v) is 6.98. The highest BCUT2D eigenvalue weighted by Gasteiger charge is 2.45. The molecule has 5 nitrogen and oxygen atoms in total. The summed E-state index contributed by atoms with van der Waals surface area (Å²) in [4.78, 5) is 15.0. The molecule has 1 amide bonds. The first kappa shape index (κ1) is 19.6. The Balaban J connectivity index is 1.29. The molecule has 30 heavy (non-hydrogen) atoms. The van der Waals surface area contributed by atoms with Crippen molar-refractivity contribution in [3.05, 3.63) is 52.3 Å². The Hall–Kier alpha value is -2.35. The Bertz CT molecular complexity index is 940. The normalized spacial score (nSPS) is 26.4. The van der Waals surface area contributed by atoms with Gasteiger partial charge < -0.3 is 10.2 Å². The van der Waals surface area contributed by atoms with E-state index in [1.807, 2.05) is 4.90 Å². The molecule has 5 rings (SSSR count). The van der Waals surface area contributed by atoms with Gasteiger partial charge in [-0.25, -0.2) is 0 Å². The van der Waals surface area contributed by atoms with Gasteiger partial charge >= 0.3 is 6.18 Å². The van der Waals surface area contributed by atoms with Gasteiger partial charge in [0.05, 0.1) is 5.56 Å². The Labute approximate surface area is 173 Å². The molecule has 1 saturated heterocycles. The van der Waals surface area contributed by atoms with Gasteiger partial charge in [-0.1, -0.05) is 18.2 Å². The molecule has 1 aromatic heterocycles. The molecule has 2 fully saturated rings. The smallest absolute Gasteiger partial charge is 0.337 e. The first-order valence-corrected chi connectivity index (χ1v) is 10.6. The fraction of sp³-hybridized carbons (Fsp3) is 0.545. The van der Waals surface area contributed by atoms with Crippen molar-refractivity contribution in [3.8, 4) is 0 Å². The van der Waals surface area contributed by atoms with Gasteiger partial charge in [-0.15, -0.1) is 0 Å². The number of amides is 1. The van der Waals surface area contributed by atoms with Crippen molar-refractivity contribution in [3.63, 3.8) is 0 Å². The molecule has 0 unspecified atom stereocenters. The second-order valence-corrected chi connectivity index (χ2v) is 8.79. The van der Waals surface area contributed by atoms with E-state index in [1.165, 1.54) is 12.1 Å². The standard InChI is InChI=1S/C22H25F3N4O/c23-22(24,25)18-5-2-1-4-16(18)13-8-14-11-29(12-15(14)9-13)21(30)20-17-10-26-7-3-6-19(17)27-28-20/h1-2,4-5,13-15,26H,3,6-12H2,(H,27,28)/t13-,14-,15+. The number of aromatic nitrogens is 2. The van der Waals surface area contributed by atoms with Crippen LogP contribution in [0.4, 0.5) is 13.2 Å². The predicted octanol–water partition coefficient (Wildman–Crippen LogP) is 3.73. The lowest BCUT2D eigenvalue weighted by Gasteiger charge is -2.21. The first-order valence-electron chi connectivity index (χ1n) is 10.6. The molecule has 0 bridgehead atoms. The second kappa shape index (κ2) is 7.41. The van der Waals surface area contributed by atoms with Crippen LogP contribution < -0.4 is 5.32 Å². The largest absolute Gasteiger partial charge is 0.416 e. The maximum atomic E-state index is 13.4. The van der Waals surface area contributed by atoms with Gasteiger partial charge in [-0.3, -0.25) is 9.89 Å². The van der Waals surface area contributed by atoms with E-state index < -0.39 is 11.7 Å². The van der Waals surface area contributed by atoms with E-state index in [2.05, 4.69) is 15.5 Å². The number of H-pyrrole nitrogens is 1. The number of aromatic amines is 1. The van der Waals surface area contributed by atoms with Crippen LogP contribution in [0.25, 0.3) is 0 Å². The molecular formula is C22H25F3N4O. The highest BCUT2D eigenvalue weighted by atomic mass is 19.4. The molecule has 2 aliphatic heterocycles. The van der Waals surface area contributed by atoms with E-state index in [0.717, 1.165) is 30.6 Å². The van der Waals surface area contributed by atoms with E-state index in [1.54, 1.807) is 12.1 Å². The summed E-state index contributed by atoms with van der Waals surface area (Å²) in [5.74, 6) is 0.339. The van der Waals surface area contributed by atoms with Crippen LogP contribution in [0.2, 0.25) is 0 Å². The van der Waals surface area contributed by atoms with E-state index in [0.29, 0.717) is 43.7 Å². The lowest BCUT2D eigenvalue weighted by atomic mass is 9.91. The molecule has 1 aromatic carbocycles. The number of hydrogen-bond acceptors (Lipinski definition) is 3. The van der Waals surface area contributed by atoms with Crippen LogP contribution in [0.3, 0.4) is 0 Å². The summed E-state index contributed by atoms with van der Waals surface area (Å²) in [5, 5.41) is 10.7. The average molecular weight is 418 g/mol. The van der Waals surface area contributed by atoms with Crippen LogP contribution in [0.1, 0.15) is 58.1 Å². The number of nitrogens with zero attached hydrogens (tertiary/aromatic N) is 2. The fourth-order valence-corrected chi connectivity index (χ4v) is 5.56. The van der Waals surface area contributed by atoms with E-state index in [4.69, 9.17) is 0 Å². The monoisotopic (exact) mass is 418 g/mol. The van der Waals surface area contributed by atoms with Crippen molar-refractivity contribution in [2.45, 2.75) is 44.3 Å². The molecule has 3 atom stereocenters. The summed E-state index contributed by atoms with van der Waals surface area (Å²) >= 11 is 0. The highest BCUT2D eigenvalue weighted by molar-refractivity contribution is 5.94. The van der Waals surface area contributed by atoms with Gasteiger partial charge in [0.15, 0.2) is 5.69 Å². The molecule has 3 heterocycles. The lowest BCUT2D eigenvalue weighted by molar-refractivity contribution is -0.138. The summed E-state index contributed by atoms with van der Waals surface area (Å²) in [6.45, 7) is 2.77. The van der Waals surface area contributed by atoms with E-state index in [9.17, 15) is 18.0 Å². The number of hydrogen-bond donors (Lipinski definition) is 2. The summed E-state index contributed by atoms with van der Waals surface area (Å²) in [6, 6.07) is 5.93. The van der Waals surface area contributed by atoms with Crippen LogP contribution in [0, 0.1) is 11.8 Å². The molecule has 0 radical (unpaired) electrons. The van der Waals surface area contributed by atoms with E-state index in [-0.39, 0.29) is 23.7 Å². The van der Waals surface area contributed by atoms with Crippen LogP contribution >= 0.6 is 0 Å². The van der Waals surface area contributed by atoms with Crippen LogP contribution in [0.5, 0.6) is 0 Å².